The summed E-state index contributed by atoms with van der Waals surface area (Å²) in [6.45, 7) is 0. The Bertz CT molecular complexity index is 362. The maximum absolute atomic E-state index is 6.08. The Kier molecular flexibility index (Phi) is 2.52. The van der Waals surface area contributed by atoms with Crippen LogP contribution in [0.2, 0.25) is 0 Å². The fraction of sp³-hybridized carbons (Fsp3) is 0.545. The molecule has 82 valence electrons. The molecule has 2 rings (SSSR count). The minimum Gasteiger partial charge on any atom is -0.495 e. The molecule has 4 nitrogen and oxygen atoms in total. The van der Waals surface area contributed by atoms with Crippen molar-refractivity contribution in [2.24, 2.45) is 5.73 Å². The second kappa shape index (κ2) is 3.70. The van der Waals surface area contributed by atoms with Crippen LogP contribution in [-0.2, 0) is 6.42 Å². The number of hydrogen-bond donors (Lipinski definition) is 1. The molecule has 0 unspecified atom stereocenters. The van der Waals surface area contributed by atoms with E-state index in [9.17, 15) is 0 Å². The minimum atomic E-state index is -0.0281. The lowest BCUT2D eigenvalue weighted by atomic mass is 10.1. The monoisotopic (exact) mass is 208 g/mol. The Labute approximate surface area is 89.4 Å². The average Bonchev–Trinajstić information content (AvgIpc) is 2.96. The van der Waals surface area contributed by atoms with Crippen LogP contribution in [0.3, 0.4) is 0 Å². The number of rotatable bonds is 4. The van der Waals surface area contributed by atoms with Crippen LogP contribution in [0.25, 0.3) is 0 Å². The average molecular weight is 208 g/mol. The minimum absolute atomic E-state index is 0.0281. The number of hydrogen-bond acceptors (Lipinski definition) is 4. The number of nitrogens with zero attached hydrogens (tertiary/aromatic N) is 1. The summed E-state index contributed by atoms with van der Waals surface area (Å²) in [4.78, 5) is 4.09. The molecule has 0 aromatic carbocycles. The molecule has 1 heterocycles. The number of pyridine rings is 1. The van der Waals surface area contributed by atoms with Crippen LogP contribution < -0.4 is 15.2 Å². The molecule has 0 atom stereocenters. The van der Waals surface area contributed by atoms with Crippen molar-refractivity contribution >= 4 is 0 Å². The van der Waals surface area contributed by atoms with Crippen LogP contribution in [0.4, 0.5) is 0 Å². The molecule has 0 saturated heterocycles. The van der Waals surface area contributed by atoms with Gasteiger partial charge in [0, 0.05) is 17.2 Å². The molecule has 0 bridgehead atoms. The molecule has 15 heavy (non-hydrogen) atoms. The summed E-state index contributed by atoms with van der Waals surface area (Å²) in [6, 6.07) is 1.89. The predicted molar refractivity (Wildman–Crippen MR) is 57.2 cm³/mol. The first-order valence-electron chi connectivity index (χ1n) is 5.03. The van der Waals surface area contributed by atoms with Gasteiger partial charge in [-0.05, 0) is 19.3 Å². The Morgan fingerprint density at radius 3 is 2.67 bits per heavy atom. The Morgan fingerprint density at radius 2 is 2.13 bits per heavy atom. The Morgan fingerprint density at radius 1 is 1.40 bits per heavy atom. The lowest BCUT2D eigenvalue weighted by Gasteiger charge is -2.13. The van der Waals surface area contributed by atoms with Gasteiger partial charge in [-0.1, -0.05) is 0 Å². The molecule has 1 aromatic heterocycles. The van der Waals surface area contributed by atoms with E-state index in [1.165, 1.54) is 0 Å². The van der Waals surface area contributed by atoms with E-state index in [1.54, 1.807) is 20.4 Å². The van der Waals surface area contributed by atoms with Gasteiger partial charge in [0.15, 0.2) is 0 Å². The number of nitrogens with two attached hydrogens (primary N) is 1. The summed E-state index contributed by atoms with van der Waals surface area (Å²) in [6.07, 6.45) is 4.68. The predicted octanol–water partition coefficient (Wildman–Crippen LogP) is 1.13. The van der Waals surface area contributed by atoms with E-state index in [0.29, 0.717) is 5.88 Å². The molecule has 0 aliphatic heterocycles. The van der Waals surface area contributed by atoms with Crippen LogP contribution in [0, 0.1) is 0 Å². The van der Waals surface area contributed by atoms with E-state index in [1.807, 2.05) is 6.07 Å². The van der Waals surface area contributed by atoms with Crippen molar-refractivity contribution in [1.29, 1.82) is 0 Å². The van der Waals surface area contributed by atoms with Gasteiger partial charge in [0.2, 0.25) is 5.88 Å². The van der Waals surface area contributed by atoms with E-state index < -0.39 is 0 Å². The van der Waals surface area contributed by atoms with Gasteiger partial charge in [-0.3, -0.25) is 0 Å². The highest BCUT2D eigenvalue weighted by Crippen LogP contribution is 2.38. The standard InChI is InChI=1S/C11H16N2O2/c1-14-9-7-13-10(15-2)5-8(9)6-11(12)3-4-11/h5,7H,3-4,6,12H2,1-2H3. The zero-order valence-electron chi connectivity index (χ0n) is 9.12. The van der Waals surface area contributed by atoms with Gasteiger partial charge in [0.05, 0.1) is 20.4 Å². The van der Waals surface area contributed by atoms with Gasteiger partial charge in [-0.2, -0.15) is 0 Å². The molecule has 1 aromatic rings. The zero-order valence-corrected chi connectivity index (χ0v) is 9.12. The number of aromatic nitrogens is 1. The quantitative estimate of drug-likeness (QED) is 0.806. The molecule has 4 heteroatoms. The van der Waals surface area contributed by atoms with Gasteiger partial charge in [0.25, 0.3) is 0 Å². The normalized spacial score (nSPS) is 17.3. The summed E-state index contributed by atoms with van der Waals surface area (Å²) >= 11 is 0. The van der Waals surface area contributed by atoms with Crippen molar-refractivity contribution in [3.05, 3.63) is 17.8 Å². The van der Waals surface area contributed by atoms with Crippen molar-refractivity contribution in [3.63, 3.8) is 0 Å². The number of methoxy groups -OCH3 is 2. The van der Waals surface area contributed by atoms with Crippen molar-refractivity contribution in [1.82, 2.24) is 4.98 Å². The molecule has 1 saturated carbocycles. The summed E-state index contributed by atoms with van der Waals surface area (Å²) in [7, 11) is 3.25. The maximum Gasteiger partial charge on any atom is 0.213 e. The second-order valence-electron chi connectivity index (χ2n) is 4.08. The fourth-order valence-electron chi connectivity index (χ4n) is 1.61. The topological polar surface area (TPSA) is 57.4 Å². The molecule has 0 spiro atoms. The highest BCUT2D eigenvalue weighted by Gasteiger charge is 2.38. The molecule has 1 aliphatic rings. The van der Waals surface area contributed by atoms with Gasteiger partial charge in [-0.25, -0.2) is 4.98 Å². The van der Waals surface area contributed by atoms with Gasteiger partial charge in [0.1, 0.15) is 5.75 Å². The summed E-state index contributed by atoms with van der Waals surface area (Å²) < 4.78 is 10.3. The first-order valence-corrected chi connectivity index (χ1v) is 5.03. The lowest BCUT2D eigenvalue weighted by Crippen LogP contribution is -2.24. The first kappa shape index (κ1) is 10.2. The molecular weight excluding hydrogens is 192 g/mol. The summed E-state index contributed by atoms with van der Waals surface area (Å²) in [5, 5.41) is 0. The van der Waals surface area contributed by atoms with E-state index in [4.69, 9.17) is 15.2 Å². The Hall–Kier alpha value is -1.29. The molecular formula is C11H16N2O2. The molecule has 1 aliphatic carbocycles. The SMILES string of the molecule is COc1cc(CC2(N)CC2)c(OC)cn1. The first-order chi connectivity index (χ1) is 7.17. The fourth-order valence-corrected chi connectivity index (χ4v) is 1.61. The van der Waals surface area contributed by atoms with Gasteiger partial charge < -0.3 is 15.2 Å². The van der Waals surface area contributed by atoms with Crippen LogP contribution in [0.5, 0.6) is 11.6 Å². The van der Waals surface area contributed by atoms with Crippen molar-refractivity contribution < 1.29 is 9.47 Å². The third kappa shape index (κ3) is 2.21. The van der Waals surface area contributed by atoms with E-state index in [2.05, 4.69) is 4.98 Å². The lowest BCUT2D eigenvalue weighted by molar-refractivity contribution is 0.382. The Balaban J connectivity index is 2.25. The van der Waals surface area contributed by atoms with Crippen LogP contribution in [-0.4, -0.2) is 24.7 Å². The van der Waals surface area contributed by atoms with Crippen LogP contribution >= 0.6 is 0 Å². The summed E-state index contributed by atoms with van der Waals surface area (Å²) in [5.74, 6) is 1.39. The molecule has 2 N–H and O–H groups in total. The smallest absolute Gasteiger partial charge is 0.213 e. The third-order valence-corrected chi connectivity index (χ3v) is 2.79. The molecule has 1 fully saturated rings. The van der Waals surface area contributed by atoms with Crippen molar-refractivity contribution in [3.8, 4) is 11.6 Å². The molecule has 0 radical (unpaired) electrons. The van der Waals surface area contributed by atoms with E-state index in [-0.39, 0.29) is 5.54 Å². The third-order valence-electron chi connectivity index (χ3n) is 2.79. The van der Waals surface area contributed by atoms with Crippen molar-refractivity contribution in [2.75, 3.05) is 14.2 Å². The second-order valence-corrected chi connectivity index (χ2v) is 4.08. The largest absolute Gasteiger partial charge is 0.495 e. The van der Waals surface area contributed by atoms with Crippen molar-refractivity contribution in [2.45, 2.75) is 24.8 Å². The van der Waals surface area contributed by atoms with E-state index >= 15 is 0 Å². The highest BCUT2D eigenvalue weighted by atomic mass is 16.5. The maximum atomic E-state index is 6.08. The van der Waals surface area contributed by atoms with Crippen LogP contribution in [0.15, 0.2) is 12.3 Å². The summed E-state index contributed by atoms with van der Waals surface area (Å²) in [5.41, 5.74) is 7.12. The van der Waals surface area contributed by atoms with Gasteiger partial charge in [-0.15, -0.1) is 0 Å². The number of ether oxygens (including phenoxy) is 2. The zero-order chi connectivity index (χ0) is 10.9. The van der Waals surface area contributed by atoms with Crippen LogP contribution in [0.1, 0.15) is 18.4 Å². The van der Waals surface area contributed by atoms with Gasteiger partial charge >= 0.3 is 0 Å². The van der Waals surface area contributed by atoms with E-state index in [0.717, 1.165) is 30.6 Å². The highest BCUT2D eigenvalue weighted by molar-refractivity contribution is 5.37. The molecule has 0 amide bonds.